The molecule has 0 saturated carbocycles. The zero-order valence-corrected chi connectivity index (χ0v) is 16.0. The first-order valence-corrected chi connectivity index (χ1v) is 9.59. The zero-order valence-electron chi connectivity index (χ0n) is 15.3. The molecule has 0 spiro atoms. The second-order valence-corrected chi connectivity index (χ2v) is 7.51. The SMILES string of the molecule is OC[C@H]1O[C@@H](c2ccc(Cl)c(-c3cc(F)c4c(c3)NCCO4)c2)[C@H](O)[C@@H](O)[C@@H]1O. The smallest absolute Gasteiger partial charge is 0.178 e. The van der Waals surface area contributed by atoms with E-state index in [1.165, 1.54) is 6.07 Å². The lowest BCUT2D eigenvalue weighted by Crippen LogP contribution is -2.55. The van der Waals surface area contributed by atoms with Crippen molar-refractivity contribution in [3.8, 4) is 16.9 Å². The maximum absolute atomic E-state index is 14.5. The van der Waals surface area contributed by atoms with Gasteiger partial charge >= 0.3 is 0 Å². The maximum atomic E-state index is 14.5. The van der Waals surface area contributed by atoms with Crippen LogP contribution in [0.5, 0.6) is 5.75 Å². The second kappa shape index (κ2) is 8.06. The first kappa shape index (κ1) is 20.3. The monoisotopic (exact) mass is 425 g/mol. The fourth-order valence-corrected chi connectivity index (χ4v) is 3.91. The minimum atomic E-state index is -1.49. The standard InChI is InChI=1S/C20H21ClFNO6/c21-12-2-1-9(19-18(27)17(26)16(25)15(8-24)29-19)5-11(12)10-6-13(22)20-14(7-10)23-3-4-28-20/h1-2,5-7,15-19,23-27H,3-4,8H2/t15-,16-,17+,18-,19+/m1/s1. The van der Waals surface area contributed by atoms with Crippen LogP contribution in [0.4, 0.5) is 10.1 Å². The van der Waals surface area contributed by atoms with Crippen LogP contribution in [0.2, 0.25) is 5.02 Å². The van der Waals surface area contributed by atoms with Gasteiger partial charge < -0.3 is 35.2 Å². The number of anilines is 1. The van der Waals surface area contributed by atoms with Gasteiger partial charge in [-0.05, 0) is 35.4 Å². The fraction of sp³-hybridized carbons (Fsp3) is 0.400. The highest BCUT2D eigenvalue weighted by Crippen LogP contribution is 2.40. The number of halogens is 2. The lowest BCUT2D eigenvalue weighted by Gasteiger charge is -2.40. The summed E-state index contributed by atoms with van der Waals surface area (Å²) < 4.78 is 25.5. The van der Waals surface area contributed by atoms with Crippen molar-refractivity contribution in [2.24, 2.45) is 0 Å². The van der Waals surface area contributed by atoms with Crippen LogP contribution in [-0.2, 0) is 4.74 Å². The minimum absolute atomic E-state index is 0.154. The molecule has 0 radical (unpaired) electrons. The highest BCUT2D eigenvalue weighted by Gasteiger charge is 2.44. The van der Waals surface area contributed by atoms with Gasteiger partial charge in [0.2, 0.25) is 0 Å². The predicted molar refractivity (Wildman–Crippen MR) is 104 cm³/mol. The molecule has 4 rings (SSSR count). The van der Waals surface area contributed by atoms with Gasteiger partial charge in [0.1, 0.15) is 37.1 Å². The molecule has 156 valence electrons. The number of ether oxygens (including phenoxy) is 2. The Morgan fingerprint density at radius 3 is 2.66 bits per heavy atom. The van der Waals surface area contributed by atoms with E-state index in [1.807, 2.05) is 0 Å². The van der Waals surface area contributed by atoms with Gasteiger partial charge in [-0.3, -0.25) is 0 Å². The normalized spacial score (nSPS) is 29.0. The van der Waals surface area contributed by atoms with Crippen molar-refractivity contribution in [1.29, 1.82) is 0 Å². The van der Waals surface area contributed by atoms with Gasteiger partial charge in [0.05, 0.1) is 12.3 Å². The molecule has 0 bridgehead atoms. The molecule has 0 aliphatic carbocycles. The number of hydrogen-bond donors (Lipinski definition) is 5. The number of nitrogens with one attached hydrogen (secondary N) is 1. The summed E-state index contributed by atoms with van der Waals surface area (Å²) in [6, 6.07) is 7.84. The van der Waals surface area contributed by atoms with Crippen molar-refractivity contribution in [2.75, 3.05) is 25.1 Å². The molecule has 0 aromatic heterocycles. The molecule has 2 aliphatic heterocycles. The first-order chi connectivity index (χ1) is 13.9. The van der Waals surface area contributed by atoms with E-state index < -0.39 is 42.9 Å². The van der Waals surface area contributed by atoms with E-state index in [4.69, 9.17) is 21.1 Å². The molecule has 9 heteroatoms. The van der Waals surface area contributed by atoms with Crippen LogP contribution in [0.3, 0.4) is 0 Å². The van der Waals surface area contributed by atoms with Crippen LogP contribution < -0.4 is 10.1 Å². The molecule has 0 unspecified atom stereocenters. The van der Waals surface area contributed by atoms with Gasteiger partial charge in [-0.1, -0.05) is 17.7 Å². The van der Waals surface area contributed by atoms with Crippen LogP contribution in [0.15, 0.2) is 30.3 Å². The van der Waals surface area contributed by atoms with Crippen molar-refractivity contribution >= 4 is 17.3 Å². The molecule has 2 heterocycles. The average Bonchev–Trinajstić information content (AvgIpc) is 2.73. The molecule has 2 aromatic carbocycles. The fourth-order valence-electron chi connectivity index (χ4n) is 3.68. The van der Waals surface area contributed by atoms with Gasteiger partial charge in [-0.25, -0.2) is 4.39 Å². The Bertz CT molecular complexity index is 911. The van der Waals surface area contributed by atoms with Gasteiger partial charge in [-0.15, -0.1) is 0 Å². The van der Waals surface area contributed by atoms with Crippen LogP contribution in [0.1, 0.15) is 11.7 Å². The maximum Gasteiger partial charge on any atom is 0.178 e. The quantitative estimate of drug-likeness (QED) is 0.506. The Morgan fingerprint density at radius 1 is 1.10 bits per heavy atom. The second-order valence-electron chi connectivity index (χ2n) is 7.10. The Labute approximate surface area is 171 Å². The summed E-state index contributed by atoms with van der Waals surface area (Å²) in [4.78, 5) is 0. The van der Waals surface area contributed by atoms with Crippen LogP contribution >= 0.6 is 11.6 Å². The summed E-state index contributed by atoms with van der Waals surface area (Å²) in [5.74, 6) is -0.375. The third-order valence-corrected chi connectivity index (χ3v) is 5.56. The molecule has 2 aromatic rings. The highest BCUT2D eigenvalue weighted by atomic mass is 35.5. The van der Waals surface area contributed by atoms with Gasteiger partial charge in [0.25, 0.3) is 0 Å². The summed E-state index contributed by atoms with van der Waals surface area (Å²) in [6.07, 6.45) is -6.39. The molecule has 29 heavy (non-hydrogen) atoms. The molecule has 7 nitrogen and oxygen atoms in total. The Kier molecular flexibility index (Phi) is 5.65. The third-order valence-electron chi connectivity index (χ3n) is 5.23. The molecule has 1 fully saturated rings. The van der Waals surface area contributed by atoms with Crippen molar-refractivity contribution < 1.29 is 34.3 Å². The number of hydrogen-bond acceptors (Lipinski definition) is 7. The molecule has 5 N–H and O–H groups in total. The van der Waals surface area contributed by atoms with Gasteiger partial charge in [0, 0.05) is 17.1 Å². The topological polar surface area (TPSA) is 111 Å². The largest absolute Gasteiger partial charge is 0.486 e. The Morgan fingerprint density at radius 2 is 1.90 bits per heavy atom. The van der Waals surface area contributed by atoms with Crippen molar-refractivity contribution in [1.82, 2.24) is 0 Å². The first-order valence-electron chi connectivity index (χ1n) is 9.21. The Hall–Kier alpha value is -1.94. The number of aliphatic hydroxyl groups is 4. The lowest BCUT2D eigenvalue weighted by atomic mass is 9.90. The van der Waals surface area contributed by atoms with Crippen molar-refractivity contribution in [3.05, 3.63) is 46.7 Å². The van der Waals surface area contributed by atoms with Crippen LogP contribution in [0.25, 0.3) is 11.1 Å². The summed E-state index contributed by atoms with van der Waals surface area (Å²) in [5, 5.41) is 43.2. The number of rotatable bonds is 3. The molecule has 2 aliphatic rings. The minimum Gasteiger partial charge on any atom is -0.486 e. The summed E-state index contributed by atoms with van der Waals surface area (Å²) in [7, 11) is 0. The average molecular weight is 426 g/mol. The van der Waals surface area contributed by atoms with E-state index in [0.29, 0.717) is 40.6 Å². The number of aliphatic hydroxyl groups excluding tert-OH is 4. The van der Waals surface area contributed by atoms with Crippen LogP contribution in [0, 0.1) is 5.82 Å². The van der Waals surface area contributed by atoms with E-state index in [2.05, 4.69) is 5.32 Å². The number of fused-ring (bicyclic) bond motifs is 1. The zero-order chi connectivity index (χ0) is 20.7. The molecule has 1 saturated heterocycles. The van der Waals surface area contributed by atoms with Crippen molar-refractivity contribution in [3.63, 3.8) is 0 Å². The van der Waals surface area contributed by atoms with E-state index in [1.54, 1.807) is 24.3 Å². The molecular weight excluding hydrogens is 405 g/mol. The van der Waals surface area contributed by atoms with E-state index in [0.717, 1.165) is 0 Å². The van der Waals surface area contributed by atoms with Crippen LogP contribution in [-0.4, -0.2) is 64.6 Å². The molecular formula is C20H21ClFNO6. The number of benzene rings is 2. The summed E-state index contributed by atoms with van der Waals surface area (Å²) in [5.41, 5.74) is 1.97. The van der Waals surface area contributed by atoms with E-state index in [-0.39, 0.29) is 5.75 Å². The van der Waals surface area contributed by atoms with Gasteiger partial charge in [-0.2, -0.15) is 0 Å². The summed E-state index contributed by atoms with van der Waals surface area (Å²) >= 11 is 6.34. The predicted octanol–water partition coefficient (Wildman–Crippen LogP) is 1.47. The van der Waals surface area contributed by atoms with E-state index >= 15 is 0 Å². The van der Waals surface area contributed by atoms with E-state index in [9.17, 15) is 24.8 Å². The third kappa shape index (κ3) is 3.68. The molecule has 0 amide bonds. The van der Waals surface area contributed by atoms with Crippen molar-refractivity contribution in [2.45, 2.75) is 30.5 Å². The molecule has 5 atom stereocenters. The Balaban J connectivity index is 1.73. The van der Waals surface area contributed by atoms with Gasteiger partial charge in [0.15, 0.2) is 11.6 Å². The highest BCUT2D eigenvalue weighted by molar-refractivity contribution is 6.33. The lowest BCUT2D eigenvalue weighted by molar-refractivity contribution is -0.231. The summed E-state index contributed by atoms with van der Waals surface area (Å²) in [6.45, 7) is 0.398.